The summed E-state index contributed by atoms with van der Waals surface area (Å²) >= 11 is 1.18. The summed E-state index contributed by atoms with van der Waals surface area (Å²) in [4.78, 5) is 20.8. The van der Waals surface area contributed by atoms with Crippen molar-refractivity contribution in [2.45, 2.75) is 18.9 Å². The predicted octanol–water partition coefficient (Wildman–Crippen LogP) is 3.39. The summed E-state index contributed by atoms with van der Waals surface area (Å²) in [6.45, 7) is 3.73. The zero-order valence-corrected chi connectivity index (χ0v) is 12.0. The van der Waals surface area contributed by atoms with E-state index in [0.717, 1.165) is 21.8 Å². The van der Waals surface area contributed by atoms with Crippen molar-refractivity contribution in [2.75, 3.05) is 0 Å². The van der Waals surface area contributed by atoms with Crippen molar-refractivity contribution >= 4 is 33.7 Å². The van der Waals surface area contributed by atoms with Gasteiger partial charge in [0.15, 0.2) is 0 Å². The van der Waals surface area contributed by atoms with E-state index in [4.69, 9.17) is 0 Å². The van der Waals surface area contributed by atoms with Crippen LogP contribution in [0.5, 0.6) is 0 Å². The molecule has 0 spiro atoms. The summed E-state index contributed by atoms with van der Waals surface area (Å²) in [6.07, 6.45) is 3.30. The molecule has 100 valence electrons. The van der Waals surface area contributed by atoms with Crippen LogP contribution >= 0.6 is 11.8 Å². The van der Waals surface area contributed by atoms with Crippen molar-refractivity contribution in [1.82, 2.24) is 14.4 Å². The van der Waals surface area contributed by atoms with Crippen molar-refractivity contribution in [3.8, 4) is 0 Å². The Morgan fingerprint density at radius 2 is 2.05 bits per heavy atom. The van der Waals surface area contributed by atoms with Crippen LogP contribution in [0.4, 0.5) is 0 Å². The fraction of sp³-hybridized carbons (Fsp3) is 0.133. The average molecular weight is 283 g/mol. The molecule has 0 atom stereocenters. The molecule has 0 fully saturated rings. The largest absolute Gasteiger partial charge is 0.282 e. The van der Waals surface area contributed by atoms with E-state index in [9.17, 15) is 4.79 Å². The molecule has 0 saturated carbocycles. The average Bonchev–Trinajstić information content (AvgIpc) is 2.77. The molecule has 0 amide bonds. The number of aromatic nitrogens is 3. The molecule has 0 aliphatic rings. The highest BCUT2D eigenvalue weighted by atomic mass is 32.2. The Labute approximate surface area is 120 Å². The molecule has 1 aromatic carbocycles. The summed E-state index contributed by atoms with van der Waals surface area (Å²) in [5.74, 6) is 0.638. The number of aryl methyl sites for hydroxylation is 1. The van der Waals surface area contributed by atoms with Gasteiger partial charge in [-0.05, 0) is 43.8 Å². The first-order valence-electron chi connectivity index (χ1n) is 6.29. The number of allylic oxidation sites excluding steroid dienone is 1. The van der Waals surface area contributed by atoms with E-state index in [1.165, 1.54) is 11.8 Å². The molecule has 0 aliphatic heterocycles. The van der Waals surface area contributed by atoms with E-state index in [1.54, 1.807) is 12.2 Å². The Morgan fingerprint density at radius 3 is 2.85 bits per heavy atom. The van der Waals surface area contributed by atoms with Crippen LogP contribution in [0.2, 0.25) is 0 Å². The van der Waals surface area contributed by atoms with Gasteiger partial charge in [-0.15, -0.1) is 0 Å². The third kappa shape index (κ3) is 2.10. The molecule has 5 heteroatoms. The van der Waals surface area contributed by atoms with Crippen LogP contribution in [0.1, 0.15) is 12.6 Å². The van der Waals surface area contributed by atoms with Crippen molar-refractivity contribution < 1.29 is 4.79 Å². The van der Waals surface area contributed by atoms with E-state index in [1.807, 2.05) is 48.6 Å². The SMILES string of the molecule is CC=CC(=O)Sc1c(C)nc2nc3cccccc3n12. The van der Waals surface area contributed by atoms with Gasteiger partial charge in [0.25, 0.3) is 0 Å². The molecule has 20 heavy (non-hydrogen) atoms. The number of nitrogens with zero attached hydrogens (tertiary/aromatic N) is 3. The summed E-state index contributed by atoms with van der Waals surface area (Å²) in [5.41, 5.74) is 2.66. The van der Waals surface area contributed by atoms with Gasteiger partial charge in [0.2, 0.25) is 10.9 Å². The fourth-order valence-electron chi connectivity index (χ4n) is 2.10. The molecule has 0 aliphatic carbocycles. The van der Waals surface area contributed by atoms with Crippen LogP contribution in [0, 0.1) is 6.92 Å². The first-order chi connectivity index (χ1) is 9.70. The number of hydrogen-bond donors (Lipinski definition) is 0. The molecular weight excluding hydrogens is 270 g/mol. The zero-order valence-electron chi connectivity index (χ0n) is 11.2. The molecule has 0 radical (unpaired) electrons. The molecular formula is C15H13N3OS. The second-order valence-electron chi connectivity index (χ2n) is 4.35. The maximum atomic E-state index is 11.8. The maximum Gasteiger partial charge on any atom is 0.236 e. The van der Waals surface area contributed by atoms with E-state index in [0.29, 0.717) is 5.78 Å². The maximum absolute atomic E-state index is 11.8. The third-order valence-corrected chi connectivity index (χ3v) is 3.94. The minimum Gasteiger partial charge on any atom is -0.282 e. The first kappa shape index (κ1) is 12.9. The topological polar surface area (TPSA) is 47.3 Å². The molecule has 2 aromatic heterocycles. The van der Waals surface area contributed by atoms with Crippen molar-refractivity contribution in [3.05, 3.63) is 48.2 Å². The van der Waals surface area contributed by atoms with Gasteiger partial charge in [-0.2, -0.15) is 0 Å². The molecule has 2 heterocycles. The van der Waals surface area contributed by atoms with Gasteiger partial charge >= 0.3 is 0 Å². The van der Waals surface area contributed by atoms with Gasteiger partial charge in [-0.3, -0.25) is 9.20 Å². The number of rotatable bonds is 2. The summed E-state index contributed by atoms with van der Waals surface area (Å²) < 4.78 is 1.94. The van der Waals surface area contributed by atoms with Crippen LogP contribution in [-0.4, -0.2) is 19.5 Å². The smallest absolute Gasteiger partial charge is 0.236 e. The van der Waals surface area contributed by atoms with E-state index in [-0.39, 0.29) is 5.12 Å². The van der Waals surface area contributed by atoms with E-state index < -0.39 is 0 Å². The Morgan fingerprint density at radius 1 is 1.25 bits per heavy atom. The van der Waals surface area contributed by atoms with Gasteiger partial charge in [-0.1, -0.05) is 24.3 Å². The minimum absolute atomic E-state index is 0.00736. The monoisotopic (exact) mass is 283 g/mol. The Hall–Kier alpha value is -2.14. The zero-order chi connectivity index (χ0) is 14.1. The third-order valence-electron chi connectivity index (χ3n) is 2.93. The summed E-state index contributed by atoms with van der Waals surface area (Å²) in [7, 11) is 0. The fourth-order valence-corrected chi connectivity index (χ4v) is 2.96. The van der Waals surface area contributed by atoms with Crippen molar-refractivity contribution in [3.63, 3.8) is 0 Å². The van der Waals surface area contributed by atoms with Gasteiger partial charge < -0.3 is 0 Å². The minimum atomic E-state index is -0.00736. The quantitative estimate of drug-likeness (QED) is 0.534. The lowest BCUT2D eigenvalue weighted by Crippen LogP contribution is -1.90. The Bertz CT molecular complexity index is 836. The molecule has 3 aromatic rings. The first-order valence-corrected chi connectivity index (χ1v) is 7.10. The number of hydrogen-bond acceptors (Lipinski definition) is 4. The lowest BCUT2D eigenvalue weighted by molar-refractivity contribution is -0.107. The number of carbonyl (C=O) groups excluding carboxylic acids is 1. The van der Waals surface area contributed by atoms with Gasteiger partial charge in [0, 0.05) is 0 Å². The second kappa shape index (κ2) is 5.09. The molecule has 0 saturated heterocycles. The molecule has 4 nitrogen and oxygen atoms in total. The Kier molecular flexibility index (Phi) is 3.28. The standard InChI is InChI=1S/C15H13N3OS/c1-3-7-13(19)20-14-10(2)16-15-17-11-8-5-4-6-9-12(11)18(14)15/h3-9H,1-2H3. The summed E-state index contributed by atoms with van der Waals surface area (Å²) in [5, 5.41) is 0.823. The highest BCUT2D eigenvalue weighted by Crippen LogP contribution is 2.28. The van der Waals surface area contributed by atoms with Crippen LogP contribution < -0.4 is 0 Å². The molecule has 0 N–H and O–H groups in total. The van der Waals surface area contributed by atoms with Crippen LogP contribution in [0.15, 0.2) is 47.5 Å². The van der Waals surface area contributed by atoms with Crippen LogP contribution in [0.3, 0.4) is 0 Å². The highest BCUT2D eigenvalue weighted by molar-refractivity contribution is 8.14. The van der Waals surface area contributed by atoms with Gasteiger partial charge in [-0.25, -0.2) is 9.97 Å². The number of fused-ring (bicyclic) bond motifs is 3. The highest BCUT2D eigenvalue weighted by Gasteiger charge is 2.16. The van der Waals surface area contributed by atoms with E-state index >= 15 is 0 Å². The second-order valence-corrected chi connectivity index (χ2v) is 5.35. The molecule has 0 bridgehead atoms. The van der Waals surface area contributed by atoms with Gasteiger partial charge in [0.1, 0.15) is 5.03 Å². The molecule has 0 unspecified atom stereocenters. The number of carbonyl (C=O) groups is 1. The van der Waals surface area contributed by atoms with Gasteiger partial charge in [0.05, 0.1) is 16.7 Å². The Balaban J connectivity index is 2.25. The molecule has 3 rings (SSSR count). The van der Waals surface area contributed by atoms with Crippen molar-refractivity contribution in [1.29, 1.82) is 0 Å². The lowest BCUT2D eigenvalue weighted by Gasteiger charge is -1.98. The number of imidazole rings is 2. The normalized spacial score (nSPS) is 11.7. The van der Waals surface area contributed by atoms with E-state index in [2.05, 4.69) is 9.97 Å². The predicted molar refractivity (Wildman–Crippen MR) is 80.9 cm³/mol. The van der Waals surface area contributed by atoms with Crippen molar-refractivity contribution in [2.24, 2.45) is 0 Å². The lowest BCUT2D eigenvalue weighted by atomic mass is 10.4. The summed E-state index contributed by atoms with van der Waals surface area (Å²) in [6, 6.07) is 9.79. The number of thioether (sulfide) groups is 1. The van der Waals surface area contributed by atoms with Crippen LogP contribution in [-0.2, 0) is 4.79 Å². The van der Waals surface area contributed by atoms with Crippen LogP contribution in [0.25, 0.3) is 16.8 Å².